The highest BCUT2D eigenvalue weighted by atomic mass is 79.9. The summed E-state index contributed by atoms with van der Waals surface area (Å²) in [6, 6.07) is 21.3. The lowest BCUT2D eigenvalue weighted by Crippen LogP contribution is -2.24. The van der Waals surface area contributed by atoms with Crippen LogP contribution in [0.3, 0.4) is 0 Å². The van der Waals surface area contributed by atoms with Crippen molar-refractivity contribution in [2.45, 2.75) is 11.2 Å². The van der Waals surface area contributed by atoms with Gasteiger partial charge in [-0.15, -0.1) is 23.5 Å². The molecule has 0 radical (unpaired) electrons. The molecule has 1 amide bonds. The van der Waals surface area contributed by atoms with Crippen LogP contribution in [0.5, 0.6) is 17.2 Å². The second-order valence-electron chi connectivity index (χ2n) is 7.55. The van der Waals surface area contributed by atoms with Gasteiger partial charge in [0.1, 0.15) is 12.4 Å². The molecule has 6 nitrogen and oxygen atoms in total. The van der Waals surface area contributed by atoms with Crippen molar-refractivity contribution in [3.05, 3.63) is 87.9 Å². The van der Waals surface area contributed by atoms with Crippen molar-refractivity contribution in [3.8, 4) is 17.2 Å². The number of ether oxygens (including phenoxy) is 3. The number of hydrogen-bond donors (Lipinski definition) is 1. The maximum Gasteiger partial charge on any atom is 0.277 e. The van der Waals surface area contributed by atoms with Crippen molar-refractivity contribution in [2.75, 3.05) is 25.2 Å². The normalized spacial score (nSPS) is 13.7. The van der Waals surface area contributed by atoms with E-state index < -0.39 is 0 Å². The van der Waals surface area contributed by atoms with E-state index >= 15 is 0 Å². The SMILES string of the molecule is COc1cc(/C=N\NC(=O)COc2ccc(C3SCCS3)cc2)ccc1OCc1ccc(Br)cc1. The van der Waals surface area contributed by atoms with Crippen LogP contribution < -0.4 is 19.6 Å². The van der Waals surface area contributed by atoms with Crippen LogP contribution in [0.15, 0.2) is 76.3 Å². The van der Waals surface area contributed by atoms with Gasteiger partial charge in [0.15, 0.2) is 18.1 Å². The number of benzene rings is 3. The molecule has 0 atom stereocenters. The Hall–Kier alpha value is -2.62. The van der Waals surface area contributed by atoms with Crippen molar-refractivity contribution in [1.82, 2.24) is 5.43 Å². The van der Waals surface area contributed by atoms with E-state index in [1.807, 2.05) is 72.1 Å². The number of halogens is 1. The van der Waals surface area contributed by atoms with Crippen LogP contribution in [0.1, 0.15) is 21.3 Å². The zero-order valence-electron chi connectivity index (χ0n) is 19.1. The Kier molecular flexibility index (Phi) is 9.39. The zero-order valence-corrected chi connectivity index (χ0v) is 22.3. The maximum atomic E-state index is 12.1. The summed E-state index contributed by atoms with van der Waals surface area (Å²) in [6.45, 7) is 0.310. The molecule has 1 aliphatic rings. The maximum absolute atomic E-state index is 12.1. The molecule has 1 fully saturated rings. The average Bonchev–Trinajstić information content (AvgIpc) is 3.43. The largest absolute Gasteiger partial charge is 0.493 e. The Balaban J connectivity index is 1.24. The fourth-order valence-corrected chi connectivity index (χ4v) is 6.38. The fraction of sp³-hybridized carbons (Fsp3) is 0.231. The minimum atomic E-state index is -0.339. The third-order valence-electron chi connectivity index (χ3n) is 5.04. The van der Waals surface area contributed by atoms with Gasteiger partial charge in [-0.3, -0.25) is 4.79 Å². The first-order valence-corrected chi connectivity index (χ1v) is 13.8. The standard InChI is InChI=1S/C26H25BrN2O4S2/c1-31-24-14-19(4-11-23(24)33-16-18-2-7-21(27)8-3-18)15-28-29-25(30)17-32-22-9-5-20(6-10-22)26-34-12-13-35-26/h2-11,14-15,26H,12-13,16-17H2,1H3,(H,29,30)/b28-15-. The van der Waals surface area contributed by atoms with Crippen LogP contribution in [0.2, 0.25) is 0 Å². The van der Waals surface area contributed by atoms with E-state index in [4.69, 9.17) is 14.2 Å². The van der Waals surface area contributed by atoms with Gasteiger partial charge in [-0.25, -0.2) is 5.43 Å². The lowest BCUT2D eigenvalue weighted by atomic mass is 10.2. The molecule has 0 aromatic heterocycles. The molecule has 1 saturated heterocycles. The van der Waals surface area contributed by atoms with Crippen LogP contribution in [-0.4, -0.2) is 37.3 Å². The van der Waals surface area contributed by atoms with Gasteiger partial charge in [-0.05, 0) is 59.2 Å². The molecule has 0 bridgehead atoms. The zero-order chi connectivity index (χ0) is 24.5. The summed E-state index contributed by atoms with van der Waals surface area (Å²) in [7, 11) is 1.58. The highest BCUT2D eigenvalue weighted by Crippen LogP contribution is 2.45. The number of amides is 1. The van der Waals surface area contributed by atoms with Crippen molar-refractivity contribution in [3.63, 3.8) is 0 Å². The smallest absolute Gasteiger partial charge is 0.277 e. The molecule has 1 N–H and O–H groups in total. The van der Waals surface area contributed by atoms with Crippen LogP contribution >= 0.6 is 39.5 Å². The number of nitrogens with zero attached hydrogens (tertiary/aromatic N) is 1. The van der Waals surface area contributed by atoms with Crippen LogP contribution in [0.25, 0.3) is 0 Å². The predicted molar refractivity (Wildman–Crippen MR) is 147 cm³/mol. The number of thioether (sulfide) groups is 2. The summed E-state index contributed by atoms with van der Waals surface area (Å²) in [6.07, 6.45) is 1.55. The van der Waals surface area contributed by atoms with E-state index in [1.165, 1.54) is 17.1 Å². The lowest BCUT2D eigenvalue weighted by Gasteiger charge is -2.11. The van der Waals surface area contributed by atoms with Gasteiger partial charge in [0, 0.05) is 16.0 Å². The number of methoxy groups -OCH3 is 1. The quantitative estimate of drug-likeness (QED) is 0.236. The van der Waals surface area contributed by atoms with Gasteiger partial charge in [0.2, 0.25) is 0 Å². The molecule has 4 rings (SSSR count). The molecule has 1 aliphatic heterocycles. The molecule has 3 aromatic carbocycles. The van der Waals surface area contributed by atoms with E-state index in [2.05, 4.69) is 38.6 Å². The van der Waals surface area contributed by atoms with E-state index in [0.29, 0.717) is 28.4 Å². The second-order valence-corrected chi connectivity index (χ2v) is 11.2. The van der Waals surface area contributed by atoms with E-state index in [-0.39, 0.29) is 12.5 Å². The summed E-state index contributed by atoms with van der Waals surface area (Å²) in [5, 5.41) is 4.02. The molecule has 0 aliphatic carbocycles. The second kappa shape index (κ2) is 12.9. The molecule has 3 aromatic rings. The first-order chi connectivity index (χ1) is 17.1. The predicted octanol–water partition coefficient (Wildman–Crippen LogP) is 6.04. The molecular weight excluding hydrogens is 548 g/mol. The fourth-order valence-electron chi connectivity index (χ4n) is 3.26. The molecule has 35 heavy (non-hydrogen) atoms. The Morgan fingerprint density at radius 3 is 2.49 bits per heavy atom. The number of rotatable bonds is 10. The highest BCUT2D eigenvalue weighted by molar-refractivity contribution is 9.10. The molecule has 0 unspecified atom stereocenters. The third kappa shape index (κ3) is 7.68. The van der Waals surface area contributed by atoms with Crippen molar-refractivity contribution in [2.24, 2.45) is 5.10 Å². The van der Waals surface area contributed by atoms with Gasteiger partial charge in [0.05, 0.1) is 17.9 Å². The molecule has 0 saturated carbocycles. The summed E-state index contributed by atoms with van der Waals surface area (Å²) in [5.74, 6) is 3.90. The number of carbonyl (C=O) groups excluding carboxylic acids is 1. The van der Waals surface area contributed by atoms with Gasteiger partial charge in [-0.2, -0.15) is 5.10 Å². The van der Waals surface area contributed by atoms with E-state index in [9.17, 15) is 4.79 Å². The highest BCUT2D eigenvalue weighted by Gasteiger charge is 2.18. The van der Waals surface area contributed by atoms with Crippen LogP contribution in [-0.2, 0) is 11.4 Å². The third-order valence-corrected chi connectivity index (χ3v) is 8.68. The van der Waals surface area contributed by atoms with Crippen LogP contribution in [0.4, 0.5) is 0 Å². The average molecular weight is 574 g/mol. The first kappa shape index (κ1) is 25.5. The number of carbonyl (C=O) groups is 1. The van der Waals surface area contributed by atoms with Gasteiger partial charge >= 0.3 is 0 Å². The minimum absolute atomic E-state index is 0.115. The lowest BCUT2D eigenvalue weighted by molar-refractivity contribution is -0.123. The van der Waals surface area contributed by atoms with Gasteiger partial charge < -0.3 is 14.2 Å². The van der Waals surface area contributed by atoms with E-state index in [1.54, 1.807) is 19.4 Å². The molecule has 9 heteroatoms. The minimum Gasteiger partial charge on any atom is -0.493 e. The number of nitrogens with one attached hydrogen (secondary N) is 1. The van der Waals surface area contributed by atoms with Gasteiger partial charge in [0.25, 0.3) is 5.91 Å². The Labute approximate surface area is 221 Å². The molecular formula is C26H25BrN2O4S2. The monoisotopic (exact) mass is 572 g/mol. The number of hydrogen-bond acceptors (Lipinski definition) is 7. The molecule has 1 heterocycles. The van der Waals surface area contributed by atoms with E-state index in [0.717, 1.165) is 15.6 Å². The first-order valence-electron chi connectivity index (χ1n) is 10.9. The molecule has 182 valence electrons. The Morgan fingerprint density at radius 2 is 1.77 bits per heavy atom. The van der Waals surface area contributed by atoms with Crippen molar-refractivity contribution >= 4 is 51.6 Å². The van der Waals surface area contributed by atoms with Crippen molar-refractivity contribution in [1.29, 1.82) is 0 Å². The number of hydrazone groups is 1. The summed E-state index contributed by atoms with van der Waals surface area (Å²) in [5.41, 5.74) is 5.57. The Morgan fingerprint density at radius 1 is 1.03 bits per heavy atom. The topological polar surface area (TPSA) is 69.2 Å². The summed E-state index contributed by atoms with van der Waals surface area (Å²) in [4.78, 5) is 12.1. The molecule has 0 spiro atoms. The Bertz CT molecular complexity index is 1150. The summed E-state index contributed by atoms with van der Waals surface area (Å²) < 4.78 is 18.4. The summed E-state index contributed by atoms with van der Waals surface area (Å²) >= 11 is 7.34. The van der Waals surface area contributed by atoms with Gasteiger partial charge in [-0.1, -0.05) is 40.2 Å². The van der Waals surface area contributed by atoms with Crippen LogP contribution in [0, 0.1) is 0 Å². The van der Waals surface area contributed by atoms with Crippen molar-refractivity contribution < 1.29 is 19.0 Å².